The summed E-state index contributed by atoms with van der Waals surface area (Å²) in [6.07, 6.45) is 3.03. The summed E-state index contributed by atoms with van der Waals surface area (Å²) in [4.78, 5) is 19.0. The smallest absolute Gasteiger partial charge is 0.335 e. The molecule has 10 aliphatic rings. The number of nitrogens with one attached hydrogen (secondary N) is 2. The molecule has 6 saturated heterocycles. The quantitative estimate of drug-likeness (QED) is 0.285. The van der Waals surface area contributed by atoms with Crippen molar-refractivity contribution >= 4 is 17.3 Å². The largest absolute Gasteiger partial charge is 0.466 e. The number of hydrogen-bond acceptors (Lipinski definition) is 10. The zero-order chi connectivity index (χ0) is 33.8. The van der Waals surface area contributed by atoms with Gasteiger partial charge in [0.1, 0.15) is 0 Å². The number of benzene rings is 2. The van der Waals surface area contributed by atoms with Crippen molar-refractivity contribution in [2.75, 3.05) is 37.4 Å². The van der Waals surface area contributed by atoms with Gasteiger partial charge in [0.25, 0.3) is 0 Å². The van der Waals surface area contributed by atoms with Crippen LogP contribution in [-0.4, -0.2) is 106 Å². The zero-order valence-electron chi connectivity index (χ0n) is 28.9. The molecule has 0 amide bonds. The number of carbonyl (C=O) groups is 1. The van der Waals surface area contributed by atoms with Gasteiger partial charge in [-0.1, -0.05) is 43.3 Å². The van der Waals surface area contributed by atoms with Crippen molar-refractivity contribution in [1.82, 2.24) is 9.80 Å². The van der Waals surface area contributed by atoms with E-state index in [9.17, 15) is 15.0 Å². The van der Waals surface area contributed by atoms with E-state index in [0.29, 0.717) is 24.8 Å². The molecule has 8 heterocycles. The fourth-order valence-corrected chi connectivity index (χ4v) is 14.9. The van der Waals surface area contributed by atoms with Gasteiger partial charge in [-0.25, -0.2) is 4.79 Å². The molecule has 0 unspecified atom stereocenters. The van der Waals surface area contributed by atoms with Crippen LogP contribution in [0, 0.1) is 11.3 Å². The number of fused-ring (bicyclic) bond motifs is 7. The minimum Gasteiger partial charge on any atom is -0.466 e. The van der Waals surface area contributed by atoms with E-state index >= 15 is 0 Å². The second-order valence-corrected chi connectivity index (χ2v) is 17.5. The van der Waals surface area contributed by atoms with E-state index in [2.05, 4.69) is 63.8 Å². The van der Waals surface area contributed by atoms with Gasteiger partial charge in [-0.3, -0.25) is 9.80 Å². The molecule has 0 radical (unpaired) electrons. The lowest BCUT2D eigenvalue weighted by molar-refractivity contribution is -0.209. The Morgan fingerprint density at radius 2 is 1.88 bits per heavy atom. The summed E-state index contributed by atoms with van der Waals surface area (Å²) in [5.41, 5.74) is 2.37. The van der Waals surface area contributed by atoms with Gasteiger partial charge in [0, 0.05) is 60.0 Å². The number of carbonyl (C=O) groups excluding carboxylic acids is 1. The highest BCUT2D eigenvalue weighted by atomic mass is 16.6. The molecule has 2 aromatic carbocycles. The molecule has 2 bridgehead atoms. The second kappa shape index (κ2) is 8.78. The number of aliphatic hydroxyl groups is 2. The van der Waals surface area contributed by atoms with Crippen LogP contribution in [0.1, 0.15) is 63.5 Å². The average molecular weight is 679 g/mol. The highest BCUT2D eigenvalue weighted by molar-refractivity contribution is 5.93. The molecule has 7 fully saturated rings. The van der Waals surface area contributed by atoms with Crippen LogP contribution in [-0.2, 0) is 29.8 Å². The molecule has 13 atom stereocenters. The predicted octanol–water partition coefficient (Wildman–Crippen LogP) is 3.24. The number of aliphatic hydroxyl groups excluding tert-OH is 2. The van der Waals surface area contributed by atoms with Crippen molar-refractivity contribution in [2.24, 2.45) is 11.3 Å². The summed E-state index contributed by atoms with van der Waals surface area (Å²) in [6.45, 7) is 6.88. The van der Waals surface area contributed by atoms with Gasteiger partial charge in [-0.05, 0) is 68.8 Å². The van der Waals surface area contributed by atoms with E-state index in [-0.39, 0.29) is 41.6 Å². The number of para-hydroxylation sites is 2. The Bertz CT molecular complexity index is 1950. The number of ether oxygens (including phenoxy) is 3. The maximum Gasteiger partial charge on any atom is 0.335 e. The van der Waals surface area contributed by atoms with E-state index in [1.165, 1.54) is 12.7 Å². The first-order valence-electron chi connectivity index (χ1n) is 19.0. The highest BCUT2D eigenvalue weighted by Gasteiger charge is 2.88. The number of epoxide rings is 1. The van der Waals surface area contributed by atoms with E-state index in [1.807, 2.05) is 19.1 Å². The monoisotopic (exact) mass is 678 g/mol. The summed E-state index contributed by atoms with van der Waals surface area (Å²) < 4.78 is 20.1. The third-order valence-corrected chi connectivity index (χ3v) is 16.4. The van der Waals surface area contributed by atoms with E-state index in [0.717, 1.165) is 61.5 Å². The molecule has 0 aromatic heterocycles. The SMILES string of the molecule is CC[C@]12C[C@]34CC(C(=O)OC)=C5Nc6ccccc6[C@@]5(CCN3[C@H]1[C@@H]1C[C@]3([C@@H](C)O)[C@@H]5O[C@@H]5CN5CC[C@@]6(c7ccccc7N[C@@]16O2)[C@@H]53)[C@H]4O. The summed E-state index contributed by atoms with van der Waals surface area (Å²) in [6, 6.07) is 17.1. The Morgan fingerprint density at radius 3 is 2.66 bits per heavy atom. The van der Waals surface area contributed by atoms with Crippen molar-refractivity contribution < 1.29 is 29.2 Å². The van der Waals surface area contributed by atoms with Crippen molar-refractivity contribution in [3.05, 3.63) is 70.9 Å². The van der Waals surface area contributed by atoms with Crippen LogP contribution in [0.4, 0.5) is 11.4 Å². The van der Waals surface area contributed by atoms with Gasteiger partial charge in [0.05, 0.1) is 59.1 Å². The fraction of sp³-hybridized carbons (Fsp3) is 0.625. The molecule has 262 valence electrons. The van der Waals surface area contributed by atoms with Crippen molar-refractivity contribution in [2.45, 2.75) is 117 Å². The Morgan fingerprint density at radius 1 is 1.10 bits per heavy atom. The first-order chi connectivity index (χ1) is 24.2. The fourth-order valence-electron chi connectivity index (χ4n) is 14.9. The first kappa shape index (κ1) is 29.6. The number of methoxy groups -OCH3 is 1. The highest BCUT2D eigenvalue weighted by Crippen LogP contribution is 2.78. The minimum absolute atomic E-state index is 0.00478. The second-order valence-electron chi connectivity index (χ2n) is 17.5. The number of nitrogens with zero attached hydrogens (tertiary/aromatic N) is 2. The normalized spacial score (nSPS) is 49.9. The zero-order valence-corrected chi connectivity index (χ0v) is 28.9. The average Bonchev–Trinajstić information content (AvgIpc) is 3.34. The van der Waals surface area contributed by atoms with Crippen LogP contribution in [0.25, 0.3) is 0 Å². The van der Waals surface area contributed by atoms with Crippen LogP contribution in [0.3, 0.4) is 0 Å². The molecule has 10 nitrogen and oxygen atoms in total. The first-order valence-corrected chi connectivity index (χ1v) is 19.0. The summed E-state index contributed by atoms with van der Waals surface area (Å²) in [5, 5.41) is 32.9. The van der Waals surface area contributed by atoms with Gasteiger partial charge in [0.15, 0.2) is 5.72 Å². The number of anilines is 2. The predicted molar refractivity (Wildman–Crippen MR) is 183 cm³/mol. The van der Waals surface area contributed by atoms with Crippen molar-refractivity contribution in [3.8, 4) is 0 Å². The maximum atomic E-state index is 13.8. The number of piperidine rings is 2. The van der Waals surface area contributed by atoms with Gasteiger partial charge in [-0.2, -0.15) is 0 Å². The number of hydrogen-bond donors (Lipinski definition) is 4. The molecular formula is C40H46N4O6. The van der Waals surface area contributed by atoms with Crippen LogP contribution in [0.15, 0.2) is 59.8 Å². The van der Waals surface area contributed by atoms with E-state index in [1.54, 1.807) is 0 Å². The Hall–Kier alpha value is -2.99. The molecule has 2 aliphatic carbocycles. The van der Waals surface area contributed by atoms with Gasteiger partial charge >= 0.3 is 5.97 Å². The third kappa shape index (κ3) is 2.75. The van der Waals surface area contributed by atoms with Gasteiger partial charge < -0.3 is 35.1 Å². The Labute approximate surface area is 292 Å². The maximum absolute atomic E-state index is 13.8. The molecular weight excluding hydrogens is 632 g/mol. The minimum atomic E-state index is -0.755. The van der Waals surface area contributed by atoms with Crippen LogP contribution in [0.5, 0.6) is 0 Å². The molecule has 8 aliphatic heterocycles. The molecule has 50 heavy (non-hydrogen) atoms. The Balaban J connectivity index is 1.08. The molecule has 1 saturated carbocycles. The van der Waals surface area contributed by atoms with Crippen LogP contribution in [0.2, 0.25) is 0 Å². The van der Waals surface area contributed by atoms with Crippen LogP contribution >= 0.6 is 0 Å². The van der Waals surface area contributed by atoms with Crippen LogP contribution < -0.4 is 10.6 Å². The standard InChI is InChI=1S/C40H46N4O6/c1-4-36-20-35-17-22(32(46)48-3)29-37(34(35)47,23-9-5-7-11-26(23)41-29)13-16-44(35)30(36)25-18-38(21(2)45)31-28(49-31)19-43-15-14-39(33(38)43)24-10-6-8-12-27(24)42-40(25,39)50-36/h5-12,21,25,28,30-31,33-34,41-42,45,47H,4,13-20H2,1-3H3/t21-,25+,28-,30+,31-,33+,34+,35+,36+,37-,38+,39-,40-/m1/s1. The third-order valence-electron chi connectivity index (χ3n) is 16.4. The molecule has 2 aromatic rings. The molecule has 4 spiro atoms. The van der Waals surface area contributed by atoms with E-state index < -0.39 is 39.9 Å². The number of esters is 1. The van der Waals surface area contributed by atoms with E-state index in [4.69, 9.17) is 14.2 Å². The summed E-state index contributed by atoms with van der Waals surface area (Å²) in [7, 11) is 1.46. The Kier molecular flexibility index (Phi) is 5.20. The summed E-state index contributed by atoms with van der Waals surface area (Å²) in [5.74, 6) is -0.325. The molecule has 4 N–H and O–H groups in total. The molecule has 10 heteroatoms. The van der Waals surface area contributed by atoms with Gasteiger partial charge in [-0.15, -0.1) is 0 Å². The van der Waals surface area contributed by atoms with Crippen molar-refractivity contribution in [3.63, 3.8) is 0 Å². The van der Waals surface area contributed by atoms with Gasteiger partial charge in [0.2, 0.25) is 0 Å². The number of rotatable bonds is 3. The summed E-state index contributed by atoms with van der Waals surface area (Å²) >= 11 is 0. The lowest BCUT2D eigenvalue weighted by atomic mass is 9.46. The van der Waals surface area contributed by atoms with Crippen molar-refractivity contribution in [1.29, 1.82) is 0 Å². The topological polar surface area (TPSA) is 119 Å². The molecule has 12 rings (SSSR count). The lowest BCUT2D eigenvalue weighted by Crippen LogP contribution is -2.77. The lowest BCUT2D eigenvalue weighted by Gasteiger charge is -2.64.